The number of Topliss-reactive ketones (excluding diaryl/α,β-unsaturated/α-hetero) is 2. The summed E-state index contributed by atoms with van der Waals surface area (Å²) in [5.41, 5.74) is 0.541. The number of carbonyl (C=O) groups excluding carboxylic acids is 2. The third-order valence-electron chi connectivity index (χ3n) is 3.57. The molecule has 1 aliphatic rings. The number of ketones is 2. The first kappa shape index (κ1) is 16.3. The molecule has 122 valence electrons. The monoisotopic (exact) mass is 344 g/mol. The van der Waals surface area contributed by atoms with Crippen molar-refractivity contribution in [1.29, 1.82) is 0 Å². The lowest BCUT2D eigenvalue weighted by molar-refractivity contribution is 0.0826. The van der Waals surface area contributed by atoms with E-state index in [-0.39, 0.29) is 28.5 Å². The number of ether oxygens (including phenoxy) is 2. The van der Waals surface area contributed by atoms with Gasteiger partial charge in [0.2, 0.25) is 23.1 Å². The average Bonchev–Trinajstić information content (AvgIpc) is 2.59. The SMILES string of the molecule is COC1=C(OC)C(=O)c2c(Sc3ccc(F)cc3)cccc2C1=O. The molecule has 2 aromatic carbocycles. The summed E-state index contributed by atoms with van der Waals surface area (Å²) >= 11 is 1.28. The van der Waals surface area contributed by atoms with Crippen LogP contribution in [-0.2, 0) is 9.47 Å². The van der Waals surface area contributed by atoms with Crippen molar-refractivity contribution >= 4 is 23.3 Å². The molecule has 0 fully saturated rings. The van der Waals surface area contributed by atoms with Gasteiger partial charge in [-0.2, -0.15) is 0 Å². The second-order valence-electron chi connectivity index (χ2n) is 4.96. The van der Waals surface area contributed by atoms with Gasteiger partial charge in [-0.1, -0.05) is 23.9 Å². The number of halogens is 1. The molecule has 0 unspecified atom stereocenters. The van der Waals surface area contributed by atoms with Gasteiger partial charge in [0, 0.05) is 15.4 Å². The summed E-state index contributed by atoms with van der Waals surface area (Å²) in [5.74, 6) is -1.35. The topological polar surface area (TPSA) is 52.6 Å². The minimum absolute atomic E-state index is 0.0982. The van der Waals surface area contributed by atoms with Gasteiger partial charge >= 0.3 is 0 Å². The first-order chi connectivity index (χ1) is 11.6. The van der Waals surface area contributed by atoms with Crippen LogP contribution in [0.5, 0.6) is 0 Å². The summed E-state index contributed by atoms with van der Waals surface area (Å²) < 4.78 is 23.2. The summed E-state index contributed by atoms with van der Waals surface area (Å²) in [4.78, 5) is 26.6. The molecule has 0 N–H and O–H groups in total. The van der Waals surface area contributed by atoms with E-state index in [0.29, 0.717) is 4.90 Å². The number of rotatable bonds is 4. The zero-order valence-electron chi connectivity index (χ0n) is 13.0. The van der Waals surface area contributed by atoms with E-state index < -0.39 is 11.6 Å². The number of methoxy groups -OCH3 is 2. The van der Waals surface area contributed by atoms with Gasteiger partial charge < -0.3 is 9.47 Å². The van der Waals surface area contributed by atoms with E-state index >= 15 is 0 Å². The van der Waals surface area contributed by atoms with Crippen molar-refractivity contribution in [2.24, 2.45) is 0 Å². The van der Waals surface area contributed by atoms with Gasteiger partial charge in [0.25, 0.3) is 0 Å². The van der Waals surface area contributed by atoms with Crippen LogP contribution < -0.4 is 0 Å². The molecule has 0 saturated carbocycles. The lowest BCUT2D eigenvalue weighted by Crippen LogP contribution is -2.24. The van der Waals surface area contributed by atoms with E-state index in [0.717, 1.165) is 4.90 Å². The number of benzene rings is 2. The van der Waals surface area contributed by atoms with Gasteiger partial charge in [-0.05, 0) is 30.3 Å². The summed E-state index contributed by atoms with van der Waals surface area (Å²) in [5, 5.41) is 0. The van der Waals surface area contributed by atoms with Crippen LogP contribution in [0.1, 0.15) is 20.7 Å². The van der Waals surface area contributed by atoms with Crippen LogP contribution in [0, 0.1) is 5.82 Å². The summed E-state index contributed by atoms with van der Waals surface area (Å²) in [6.07, 6.45) is 0. The number of carbonyl (C=O) groups is 2. The Kier molecular flexibility index (Phi) is 4.40. The predicted octanol–water partition coefficient (Wildman–Crippen LogP) is 3.86. The Morgan fingerprint density at radius 3 is 2.12 bits per heavy atom. The maximum atomic E-state index is 13.0. The Morgan fingerprint density at radius 2 is 1.50 bits per heavy atom. The Balaban J connectivity index is 2.09. The molecule has 0 radical (unpaired) electrons. The largest absolute Gasteiger partial charge is 0.489 e. The Hall–Kier alpha value is -2.60. The molecule has 0 bridgehead atoms. The van der Waals surface area contributed by atoms with Gasteiger partial charge in [-0.15, -0.1) is 0 Å². The molecule has 0 saturated heterocycles. The molecular weight excluding hydrogens is 331 g/mol. The zero-order valence-corrected chi connectivity index (χ0v) is 13.8. The Morgan fingerprint density at radius 1 is 0.875 bits per heavy atom. The number of hydrogen-bond donors (Lipinski definition) is 0. The number of hydrogen-bond acceptors (Lipinski definition) is 5. The standard InChI is InChI=1S/C18H13FO4S/c1-22-17-15(20)12-4-3-5-13(14(12)16(21)18(17)23-2)24-11-8-6-10(19)7-9-11/h3-9H,1-2H3. The lowest BCUT2D eigenvalue weighted by atomic mass is 9.92. The van der Waals surface area contributed by atoms with E-state index in [4.69, 9.17) is 9.47 Å². The highest BCUT2D eigenvalue weighted by Crippen LogP contribution is 2.37. The maximum absolute atomic E-state index is 13.0. The van der Waals surface area contributed by atoms with Crippen molar-refractivity contribution in [1.82, 2.24) is 0 Å². The number of fused-ring (bicyclic) bond motifs is 1. The zero-order chi connectivity index (χ0) is 17.3. The molecular formula is C18H13FO4S. The lowest BCUT2D eigenvalue weighted by Gasteiger charge is -2.20. The fraction of sp³-hybridized carbons (Fsp3) is 0.111. The average molecular weight is 344 g/mol. The van der Waals surface area contributed by atoms with Crippen molar-refractivity contribution in [3.8, 4) is 0 Å². The molecule has 3 rings (SSSR count). The summed E-state index contributed by atoms with van der Waals surface area (Å²) in [6, 6.07) is 10.9. The highest BCUT2D eigenvalue weighted by atomic mass is 32.2. The quantitative estimate of drug-likeness (QED) is 0.843. The molecule has 0 aliphatic heterocycles. The van der Waals surface area contributed by atoms with E-state index in [9.17, 15) is 14.0 Å². The van der Waals surface area contributed by atoms with Crippen LogP contribution in [0.25, 0.3) is 0 Å². The van der Waals surface area contributed by atoms with Crippen LogP contribution in [0.2, 0.25) is 0 Å². The van der Waals surface area contributed by atoms with E-state index in [2.05, 4.69) is 0 Å². The van der Waals surface area contributed by atoms with Crippen LogP contribution in [0.15, 0.2) is 63.8 Å². The highest BCUT2D eigenvalue weighted by molar-refractivity contribution is 7.99. The van der Waals surface area contributed by atoms with E-state index in [1.165, 1.54) is 38.1 Å². The fourth-order valence-electron chi connectivity index (χ4n) is 2.48. The van der Waals surface area contributed by atoms with Crippen molar-refractivity contribution in [2.75, 3.05) is 14.2 Å². The Labute approximate surface area is 142 Å². The molecule has 2 aromatic rings. The molecule has 0 atom stereocenters. The van der Waals surface area contributed by atoms with Crippen LogP contribution in [0.3, 0.4) is 0 Å². The molecule has 4 nitrogen and oxygen atoms in total. The van der Waals surface area contributed by atoms with Gasteiger partial charge in [0.15, 0.2) is 0 Å². The minimum atomic E-state index is -0.408. The second kappa shape index (κ2) is 6.49. The van der Waals surface area contributed by atoms with Crippen molar-refractivity contribution in [2.45, 2.75) is 9.79 Å². The molecule has 0 spiro atoms. The third kappa shape index (κ3) is 2.69. The summed E-state index contributed by atoms with van der Waals surface area (Å²) in [7, 11) is 2.64. The first-order valence-electron chi connectivity index (χ1n) is 7.05. The van der Waals surface area contributed by atoms with Crippen LogP contribution in [0.4, 0.5) is 4.39 Å². The second-order valence-corrected chi connectivity index (χ2v) is 6.07. The van der Waals surface area contributed by atoms with E-state index in [1.807, 2.05) is 0 Å². The molecule has 0 amide bonds. The maximum Gasteiger partial charge on any atom is 0.233 e. The predicted molar refractivity (Wildman–Crippen MR) is 86.7 cm³/mol. The van der Waals surface area contributed by atoms with Gasteiger partial charge in [-0.3, -0.25) is 9.59 Å². The first-order valence-corrected chi connectivity index (χ1v) is 7.86. The van der Waals surface area contributed by atoms with Crippen LogP contribution in [-0.4, -0.2) is 25.8 Å². The summed E-state index contributed by atoms with van der Waals surface area (Å²) in [6.45, 7) is 0. The third-order valence-corrected chi connectivity index (χ3v) is 4.63. The minimum Gasteiger partial charge on any atom is -0.489 e. The van der Waals surface area contributed by atoms with Crippen LogP contribution >= 0.6 is 11.8 Å². The molecule has 24 heavy (non-hydrogen) atoms. The van der Waals surface area contributed by atoms with Gasteiger partial charge in [-0.25, -0.2) is 4.39 Å². The van der Waals surface area contributed by atoms with Gasteiger partial charge in [0.1, 0.15) is 5.82 Å². The van der Waals surface area contributed by atoms with Crippen molar-refractivity contribution in [3.63, 3.8) is 0 Å². The van der Waals surface area contributed by atoms with Gasteiger partial charge in [0.05, 0.1) is 19.8 Å². The Bertz CT molecular complexity index is 856. The fourth-order valence-corrected chi connectivity index (χ4v) is 3.46. The van der Waals surface area contributed by atoms with E-state index in [1.54, 1.807) is 30.3 Å². The normalized spacial score (nSPS) is 13.8. The molecule has 1 aliphatic carbocycles. The number of allylic oxidation sites excluding steroid dienone is 2. The molecule has 0 aromatic heterocycles. The molecule has 0 heterocycles. The highest BCUT2D eigenvalue weighted by Gasteiger charge is 2.36. The van der Waals surface area contributed by atoms with Crippen molar-refractivity contribution < 1.29 is 23.5 Å². The van der Waals surface area contributed by atoms with Crippen molar-refractivity contribution in [3.05, 3.63) is 70.9 Å². The molecule has 6 heteroatoms. The smallest absolute Gasteiger partial charge is 0.233 e.